The van der Waals surface area contributed by atoms with Gasteiger partial charge in [0.1, 0.15) is 0 Å². The lowest BCUT2D eigenvalue weighted by atomic mass is 10.3. The van der Waals surface area contributed by atoms with Gasteiger partial charge in [0.25, 0.3) is 0 Å². The van der Waals surface area contributed by atoms with E-state index in [4.69, 9.17) is 0 Å². The molecule has 1 aromatic rings. The molecule has 0 amide bonds. The second kappa shape index (κ2) is 5.28. The van der Waals surface area contributed by atoms with E-state index in [9.17, 15) is 5.11 Å². The Morgan fingerprint density at radius 2 is 2.13 bits per heavy atom. The molecule has 0 fully saturated rings. The number of hydrogen-bond donors (Lipinski definition) is 1. The van der Waals surface area contributed by atoms with Crippen LogP contribution in [0.1, 0.15) is 32.5 Å². The Balaban J connectivity index is 2.49. The Labute approximate surface area is 91.5 Å². The van der Waals surface area contributed by atoms with Gasteiger partial charge in [-0.1, -0.05) is 0 Å². The highest BCUT2D eigenvalue weighted by molar-refractivity contribution is 4.99. The number of aliphatic hydroxyl groups is 1. The average molecular weight is 211 g/mol. The van der Waals surface area contributed by atoms with Crippen LogP contribution in [-0.4, -0.2) is 39.5 Å². The van der Waals surface area contributed by atoms with Crippen LogP contribution >= 0.6 is 0 Å². The quantitative estimate of drug-likeness (QED) is 0.797. The number of nitrogens with zero attached hydrogens (tertiary/aromatic N) is 3. The Morgan fingerprint density at radius 1 is 1.47 bits per heavy atom. The molecule has 1 atom stereocenters. The minimum atomic E-state index is -0.290. The third-order valence-electron chi connectivity index (χ3n) is 2.20. The molecule has 0 spiro atoms. The summed E-state index contributed by atoms with van der Waals surface area (Å²) in [6.07, 6.45) is 1.71. The van der Waals surface area contributed by atoms with Crippen molar-refractivity contribution in [1.82, 2.24) is 14.7 Å². The first kappa shape index (κ1) is 12.2. The smallest absolute Gasteiger partial charge is 0.0764 e. The summed E-state index contributed by atoms with van der Waals surface area (Å²) in [4.78, 5) is 2.07. The maximum Gasteiger partial charge on any atom is 0.0764 e. The van der Waals surface area contributed by atoms with Crippen LogP contribution in [0.4, 0.5) is 0 Å². The largest absolute Gasteiger partial charge is 0.392 e. The fraction of sp³-hybridized carbons (Fsp3) is 0.727. The summed E-state index contributed by atoms with van der Waals surface area (Å²) >= 11 is 0. The van der Waals surface area contributed by atoms with E-state index in [1.54, 1.807) is 6.92 Å². The van der Waals surface area contributed by atoms with Crippen molar-refractivity contribution >= 4 is 0 Å². The fourth-order valence-corrected chi connectivity index (χ4v) is 1.54. The van der Waals surface area contributed by atoms with Gasteiger partial charge in [-0.2, -0.15) is 5.10 Å². The first-order valence-electron chi connectivity index (χ1n) is 5.39. The first-order chi connectivity index (χ1) is 6.99. The van der Waals surface area contributed by atoms with Gasteiger partial charge in [0, 0.05) is 25.3 Å². The van der Waals surface area contributed by atoms with E-state index in [1.807, 2.05) is 24.0 Å². The van der Waals surface area contributed by atoms with E-state index in [2.05, 4.69) is 23.8 Å². The highest BCUT2D eigenvalue weighted by Gasteiger charge is 2.07. The first-order valence-corrected chi connectivity index (χ1v) is 5.39. The zero-order valence-corrected chi connectivity index (χ0v) is 10.0. The molecule has 15 heavy (non-hydrogen) atoms. The number of hydrogen-bond acceptors (Lipinski definition) is 3. The zero-order valence-electron chi connectivity index (χ0n) is 10.0. The Morgan fingerprint density at radius 3 is 2.60 bits per heavy atom. The maximum absolute atomic E-state index is 9.23. The molecule has 0 aromatic carbocycles. The summed E-state index contributed by atoms with van der Waals surface area (Å²) in [6, 6.07) is 2.43. The number of likely N-dealkylation sites (N-methyl/N-ethyl adjacent to an activating group) is 1. The summed E-state index contributed by atoms with van der Waals surface area (Å²) < 4.78 is 1.95. The molecule has 0 saturated heterocycles. The van der Waals surface area contributed by atoms with Gasteiger partial charge >= 0.3 is 0 Å². The van der Waals surface area contributed by atoms with Crippen LogP contribution in [0.3, 0.4) is 0 Å². The van der Waals surface area contributed by atoms with Crippen molar-refractivity contribution in [3.8, 4) is 0 Å². The molecule has 0 aliphatic rings. The molecule has 1 N–H and O–H groups in total. The van der Waals surface area contributed by atoms with E-state index in [1.165, 1.54) is 0 Å². The van der Waals surface area contributed by atoms with E-state index in [-0.39, 0.29) is 6.10 Å². The van der Waals surface area contributed by atoms with Crippen LogP contribution in [-0.2, 0) is 6.54 Å². The number of rotatable bonds is 5. The van der Waals surface area contributed by atoms with Crippen molar-refractivity contribution in [2.75, 3.05) is 13.6 Å². The van der Waals surface area contributed by atoms with Gasteiger partial charge < -0.3 is 5.11 Å². The SMILES string of the molecule is CC(O)CN(C)Cc1ccn(C(C)C)n1. The summed E-state index contributed by atoms with van der Waals surface area (Å²) in [5.41, 5.74) is 1.05. The summed E-state index contributed by atoms with van der Waals surface area (Å²) in [5.74, 6) is 0. The van der Waals surface area contributed by atoms with Gasteiger partial charge in [0.15, 0.2) is 0 Å². The molecule has 0 radical (unpaired) electrons. The van der Waals surface area contributed by atoms with Crippen LogP contribution in [0.15, 0.2) is 12.3 Å². The van der Waals surface area contributed by atoms with Crippen molar-refractivity contribution in [2.45, 2.75) is 39.5 Å². The number of aromatic nitrogens is 2. The molecule has 1 heterocycles. The van der Waals surface area contributed by atoms with Crippen molar-refractivity contribution < 1.29 is 5.11 Å². The summed E-state index contributed by atoms with van der Waals surface area (Å²) in [6.45, 7) is 7.47. The van der Waals surface area contributed by atoms with Gasteiger partial charge in [-0.15, -0.1) is 0 Å². The van der Waals surface area contributed by atoms with Crippen LogP contribution in [0.2, 0.25) is 0 Å². The van der Waals surface area contributed by atoms with Gasteiger partial charge in [0.05, 0.1) is 11.8 Å². The van der Waals surface area contributed by atoms with Gasteiger partial charge in [-0.3, -0.25) is 9.58 Å². The Hall–Kier alpha value is -0.870. The Kier molecular flexibility index (Phi) is 4.29. The predicted octanol–water partition coefficient (Wildman–Crippen LogP) is 1.28. The molecule has 0 aliphatic heterocycles. The molecule has 1 rings (SSSR count). The molecule has 0 bridgehead atoms. The van der Waals surface area contributed by atoms with Gasteiger partial charge in [-0.25, -0.2) is 0 Å². The van der Waals surface area contributed by atoms with E-state index >= 15 is 0 Å². The van der Waals surface area contributed by atoms with E-state index < -0.39 is 0 Å². The molecule has 1 aromatic heterocycles. The lowest BCUT2D eigenvalue weighted by Gasteiger charge is -2.16. The summed E-state index contributed by atoms with van der Waals surface area (Å²) in [7, 11) is 1.99. The van der Waals surface area contributed by atoms with Gasteiger partial charge in [0.2, 0.25) is 0 Å². The van der Waals surface area contributed by atoms with Gasteiger partial charge in [-0.05, 0) is 33.9 Å². The maximum atomic E-state index is 9.23. The predicted molar refractivity (Wildman–Crippen MR) is 60.6 cm³/mol. The van der Waals surface area contributed by atoms with E-state index in [0.717, 1.165) is 12.2 Å². The van der Waals surface area contributed by atoms with Crippen LogP contribution in [0, 0.1) is 0 Å². The molecule has 0 saturated carbocycles. The third kappa shape index (κ3) is 4.01. The minimum absolute atomic E-state index is 0.290. The minimum Gasteiger partial charge on any atom is -0.392 e. The molecule has 4 nitrogen and oxygen atoms in total. The molecule has 1 unspecified atom stereocenters. The monoisotopic (exact) mass is 211 g/mol. The van der Waals surface area contributed by atoms with Crippen molar-refractivity contribution in [1.29, 1.82) is 0 Å². The third-order valence-corrected chi connectivity index (χ3v) is 2.20. The normalized spacial score (nSPS) is 13.8. The lowest BCUT2D eigenvalue weighted by molar-refractivity contribution is 0.137. The molecule has 86 valence electrons. The second-order valence-corrected chi connectivity index (χ2v) is 4.43. The van der Waals surface area contributed by atoms with Crippen molar-refractivity contribution in [2.24, 2.45) is 0 Å². The van der Waals surface area contributed by atoms with Crippen LogP contribution in [0.25, 0.3) is 0 Å². The lowest BCUT2D eigenvalue weighted by Crippen LogP contribution is -2.27. The van der Waals surface area contributed by atoms with E-state index in [0.29, 0.717) is 12.6 Å². The van der Waals surface area contributed by atoms with Crippen molar-refractivity contribution in [3.63, 3.8) is 0 Å². The second-order valence-electron chi connectivity index (χ2n) is 4.43. The molecule has 0 aliphatic carbocycles. The van der Waals surface area contributed by atoms with Crippen LogP contribution < -0.4 is 0 Å². The topological polar surface area (TPSA) is 41.3 Å². The van der Waals surface area contributed by atoms with Crippen LogP contribution in [0.5, 0.6) is 0 Å². The molecule has 4 heteroatoms. The molecular formula is C11H21N3O. The van der Waals surface area contributed by atoms with Crippen molar-refractivity contribution in [3.05, 3.63) is 18.0 Å². The summed E-state index contributed by atoms with van der Waals surface area (Å²) in [5, 5.41) is 13.7. The zero-order chi connectivity index (χ0) is 11.4. The highest BCUT2D eigenvalue weighted by Crippen LogP contribution is 2.06. The standard InChI is InChI=1S/C11H21N3O/c1-9(2)14-6-5-11(12-14)8-13(4)7-10(3)15/h5-6,9-10,15H,7-8H2,1-4H3. The molecular weight excluding hydrogens is 190 g/mol. The fourth-order valence-electron chi connectivity index (χ4n) is 1.54. The highest BCUT2D eigenvalue weighted by atomic mass is 16.3. The average Bonchev–Trinajstić information content (AvgIpc) is 2.50. The Bertz CT molecular complexity index is 294. The number of aliphatic hydroxyl groups excluding tert-OH is 1.